The van der Waals surface area contributed by atoms with Crippen LogP contribution in [0.25, 0.3) is 0 Å². The van der Waals surface area contributed by atoms with E-state index in [0.717, 1.165) is 38.6 Å². The van der Waals surface area contributed by atoms with Gasteiger partial charge in [0.2, 0.25) is 5.91 Å². The Hall–Kier alpha value is -1.06. The summed E-state index contributed by atoms with van der Waals surface area (Å²) in [7, 11) is 0. The molecule has 16 heavy (non-hydrogen) atoms. The van der Waals surface area contributed by atoms with Gasteiger partial charge in [-0.1, -0.05) is 26.2 Å². The van der Waals surface area contributed by atoms with Crippen molar-refractivity contribution in [1.29, 1.82) is 0 Å². The predicted molar refractivity (Wildman–Crippen MR) is 61.1 cm³/mol. The van der Waals surface area contributed by atoms with Gasteiger partial charge in [-0.25, -0.2) is 0 Å². The molecule has 1 aliphatic rings. The van der Waals surface area contributed by atoms with Gasteiger partial charge in [-0.05, 0) is 12.8 Å². The highest BCUT2D eigenvalue weighted by molar-refractivity contribution is 5.79. The Labute approximate surface area is 96.6 Å². The Morgan fingerprint density at radius 3 is 2.75 bits per heavy atom. The van der Waals surface area contributed by atoms with E-state index in [1.54, 1.807) is 4.90 Å². The van der Waals surface area contributed by atoms with Gasteiger partial charge in [-0.3, -0.25) is 9.59 Å². The first-order valence-corrected chi connectivity index (χ1v) is 6.16. The van der Waals surface area contributed by atoms with E-state index >= 15 is 0 Å². The standard InChI is InChI=1S/C12H21NO3/c1-2-3-4-6-10(9-12(15)16)13-8-5-7-11(13)14/h10H,2-9H2,1H3,(H,15,16)/t10-/m0/s1. The van der Waals surface area contributed by atoms with E-state index < -0.39 is 5.97 Å². The van der Waals surface area contributed by atoms with Crippen molar-refractivity contribution in [2.45, 2.75) is 57.9 Å². The quantitative estimate of drug-likeness (QED) is 0.677. The Balaban J connectivity index is 2.48. The van der Waals surface area contributed by atoms with Crippen LogP contribution >= 0.6 is 0 Å². The van der Waals surface area contributed by atoms with Gasteiger partial charge < -0.3 is 10.0 Å². The molecule has 0 bridgehead atoms. The van der Waals surface area contributed by atoms with Gasteiger partial charge in [0, 0.05) is 19.0 Å². The molecule has 1 saturated heterocycles. The maximum Gasteiger partial charge on any atom is 0.305 e. The number of nitrogens with zero attached hydrogens (tertiary/aromatic N) is 1. The fourth-order valence-electron chi connectivity index (χ4n) is 2.25. The summed E-state index contributed by atoms with van der Waals surface area (Å²) in [4.78, 5) is 24.1. The minimum Gasteiger partial charge on any atom is -0.481 e. The van der Waals surface area contributed by atoms with Crippen molar-refractivity contribution in [2.24, 2.45) is 0 Å². The zero-order valence-corrected chi connectivity index (χ0v) is 9.95. The van der Waals surface area contributed by atoms with Gasteiger partial charge in [0.25, 0.3) is 0 Å². The van der Waals surface area contributed by atoms with E-state index in [1.165, 1.54) is 0 Å². The van der Waals surface area contributed by atoms with Crippen LogP contribution < -0.4 is 0 Å². The van der Waals surface area contributed by atoms with Gasteiger partial charge in [-0.2, -0.15) is 0 Å². The van der Waals surface area contributed by atoms with Crippen molar-refractivity contribution in [3.8, 4) is 0 Å². The molecule has 1 aliphatic heterocycles. The monoisotopic (exact) mass is 227 g/mol. The van der Waals surface area contributed by atoms with Crippen LogP contribution in [0.1, 0.15) is 51.9 Å². The number of aliphatic carboxylic acids is 1. The molecular weight excluding hydrogens is 206 g/mol. The first-order valence-electron chi connectivity index (χ1n) is 6.16. The van der Waals surface area contributed by atoms with Crippen molar-refractivity contribution >= 4 is 11.9 Å². The highest BCUT2D eigenvalue weighted by Gasteiger charge is 2.28. The highest BCUT2D eigenvalue weighted by Crippen LogP contribution is 2.20. The first-order chi connectivity index (χ1) is 7.65. The minimum atomic E-state index is -0.804. The van der Waals surface area contributed by atoms with Gasteiger partial charge in [-0.15, -0.1) is 0 Å². The topological polar surface area (TPSA) is 57.6 Å². The maximum absolute atomic E-state index is 11.6. The van der Waals surface area contributed by atoms with Crippen molar-refractivity contribution in [3.63, 3.8) is 0 Å². The molecule has 1 rings (SSSR count). The number of amides is 1. The Morgan fingerprint density at radius 1 is 1.50 bits per heavy atom. The molecule has 92 valence electrons. The minimum absolute atomic E-state index is 0.0842. The summed E-state index contributed by atoms with van der Waals surface area (Å²) in [6.07, 6.45) is 5.62. The second-order valence-electron chi connectivity index (χ2n) is 4.44. The second kappa shape index (κ2) is 6.51. The average Bonchev–Trinajstić information content (AvgIpc) is 2.63. The lowest BCUT2D eigenvalue weighted by atomic mass is 10.0. The van der Waals surface area contributed by atoms with Gasteiger partial charge in [0.1, 0.15) is 0 Å². The molecule has 0 unspecified atom stereocenters. The van der Waals surface area contributed by atoms with Crippen LogP contribution in [0, 0.1) is 0 Å². The van der Waals surface area contributed by atoms with Gasteiger partial charge in [0.05, 0.1) is 6.42 Å². The Kier molecular flexibility index (Phi) is 5.29. The maximum atomic E-state index is 11.6. The molecule has 0 radical (unpaired) electrons. The van der Waals surface area contributed by atoms with E-state index in [9.17, 15) is 9.59 Å². The fourth-order valence-corrected chi connectivity index (χ4v) is 2.25. The lowest BCUT2D eigenvalue weighted by Gasteiger charge is -2.26. The van der Waals surface area contributed by atoms with Crippen molar-refractivity contribution < 1.29 is 14.7 Å². The number of hydrogen-bond donors (Lipinski definition) is 1. The number of likely N-dealkylation sites (tertiary alicyclic amines) is 1. The molecule has 1 fully saturated rings. The number of carboxylic acid groups (broad SMARTS) is 1. The summed E-state index contributed by atoms with van der Waals surface area (Å²) in [6.45, 7) is 2.86. The average molecular weight is 227 g/mol. The Bertz CT molecular complexity index is 253. The molecule has 0 spiro atoms. The number of carboxylic acids is 1. The van der Waals surface area contributed by atoms with Gasteiger partial charge in [0.15, 0.2) is 0 Å². The summed E-state index contributed by atoms with van der Waals surface area (Å²) in [5.41, 5.74) is 0. The zero-order valence-electron chi connectivity index (χ0n) is 9.95. The normalized spacial score (nSPS) is 17.8. The third-order valence-corrected chi connectivity index (χ3v) is 3.10. The molecule has 0 aromatic carbocycles. The number of hydrogen-bond acceptors (Lipinski definition) is 2. The third-order valence-electron chi connectivity index (χ3n) is 3.10. The summed E-state index contributed by atoms with van der Waals surface area (Å²) >= 11 is 0. The lowest BCUT2D eigenvalue weighted by molar-refractivity contribution is -0.139. The van der Waals surface area contributed by atoms with Crippen molar-refractivity contribution in [1.82, 2.24) is 4.90 Å². The molecule has 0 saturated carbocycles. The van der Waals surface area contributed by atoms with Crippen LogP contribution in [0.15, 0.2) is 0 Å². The Morgan fingerprint density at radius 2 is 2.25 bits per heavy atom. The first kappa shape index (κ1) is 13.0. The third kappa shape index (κ3) is 3.83. The number of carbonyl (C=O) groups excluding carboxylic acids is 1. The zero-order chi connectivity index (χ0) is 12.0. The van der Waals surface area contributed by atoms with Crippen LogP contribution in [0.4, 0.5) is 0 Å². The smallest absolute Gasteiger partial charge is 0.305 e. The summed E-state index contributed by atoms with van der Waals surface area (Å²) in [5.74, 6) is -0.677. The summed E-state index contributed by atoms with van der Waals surface area (Å²) in [5, 5.41) is 8.85. The van der Waals surface area contributed by atoms with Crippen molar-refractivity contribution in [3.05, 3.63) is 0 Å². The summed E-state index contributed by atoms with van der Waals surface area (Å²) in [6, 6.07) is -0.0842. The number of unbranched alkanes of at least 4 members (excludes halogenated alkanes) is 2. The van der Waals surface area contributed by atoms with Crippen LogP contribution in [-0.4, -0.2) is 34.5 Å². The van der Waals surface area contributed by atoms with Crippen LogP contribution in [0.5, 0.6) is 0 Å². The molecule has 0 aliphatic carbocycles. The predicted octanol–water partition coefficient (Wildman–Crippen LogP) is 2.03. The second-order valence-corrected chi connectivity index (χ2v) is 4.44. The molecular formula is C12H21NO3. The number of rotatable bonds is 7. The van der Waals surface area contributed by atoms with Crippen LogP contribution in [-0.2, 0) is 9.59 Å². The van der Waals surface area contributed by atoms with Crippen LogP contribution in [0.2, 0.25) is 0 Å². The fraction of sp³-hybridized carbons (Fsp3) is 0.833. The van der Waals surface area contributed by atoms with Crippen LogP contribution in [0.3, 0.4) is 0 Å². The van der Waals surface area contributed by atoms with E-state index in [1.807, 2.05) is 0 Å². The molecule has 4 nitrogen and oxygen atoms in total. The van der Waals surface area contributed by atoms with E-state index in [2.05, 4.69) is 6.92 Å². The molecule has 1 heterocycles. The SMILES string of the molecule is CCCCC[C@@H](CC(=O)O)N1CCCC1=O. The van der Waals surface area contributed by atoms with E-state index in [0.29, 0.717) is 6.42 Å². The highest BCUT2D eigenvalue weighted by atomic mass is 16.4. The molecule has 0 aromatic heterocycles. The molecule has 0 aromatic rings. The molecule has 1 N–H and O–H groups in total. The molecule has 1 atom stereocenters. The van der Waals surface area contributed by atoms with E-state index in [4.69, 9.17) is 5.11 Å². The van der Waals surface area contributed by atoms with E-state index in [-0.39, 0.29) is 18.4 Å². The van der Waals surface area contributed by atoms with Gasteiger partial charge >= 0.3 is 5.97 Å². The molecule has 4 heteroatoms. The largest absolute Gasteiger partial charge is 0.481 e. The molecule has 1 amide bonds. The lowest BCUT2D eigenvalue weighted by Crippen LogP contribution is -2.37. The van der Waals surface area contributed by atoms with Crippen molar-refractivity contribution in [2.75, 3.05) is 6.54 Å². The summed E-state index contributed by atoms with van der Waals surface area (Å²) < 4.78 is 0. The number of carbonyl (C=O) groups is 2.